The van der Waals surface area contributed by atoms with Crippen LogP contribution in [0.3, 0.4) is 0 Å². The highest BCUT2D eigenvalue weighted by Crippen LogP contribution is 2.48. The normalized spacial score (nSPS) is 47.8. The Morgan fingerprint density at radius 1 is 1.14 bits per heavy atom. The molecule has 0 aromatic carbocycles. The van der Waals surface area contributed by atoms with Gasteiger partial charge in [-0.15, -0.1) is 0 Å². The Labute approximate surface area is 86.8 Å². The van der Waals surface area contributed by atoms with E-state index in [1.54, 1.807) is 6.42 Å². The molecule has 3 rings (SSSR count). The molecule has 2 aliphatic carbocycles. The van der Waals surface area contributed by atoms with E-state index in [0.717, 1.165) is 24.3 Å². The SMILES string of the molecule is N[C@@H]1CCN(CC2CC3CCC2C3)C1. The summed E-state index contributed by atoms with van der Waals surface area (Å²) in [6.45, 7) is 3.78. The third-order valence-corrected chi connectivity index (χ3v) is 4.69. The van der Waals surface area contributed by atoms with Crippen LogP contribution in [0.15, 0.2) is 0 Å². The lowest BCUT2D eigenvalue weighted by molar-refractivity contribution is 0.218. The number of hydrogen-bond acceptors (Lipinski definition) is 2. The molecule has 0 aromatic rings. The molecule has 14 heavy (non-hydrogen) atoms. The zero-order valence-corrected chi connectivity index (χ0v) is 8.99. The van der Waals surface area contributed by atoms with Crippen molar-refractivity contribution in [3.63, 3.8) is 0 Å². The zero-order valence-electron chi connectivity index (χ0n) is 8.99. The summed E-state index contributed by atoms with van der Waals surface area (Å²) >= 11 is 0. The fraction of sp³-hybridized carbons (Fsp3) is 1.00. The van der Waals surface area contributed by atoms with Crippen molar-refractivity contribution >= 4 is 0 Å². The van der Waals surface area contributed by atoms with E-state index in [0.29, 0.717) is 6.04 Å². The molecule has 2 N–H and O–H groups in total. The lowest BCUT2D eigenvalue weighted by atomic mass is 9.88. The summed E-state index contributed by atoms with van der Waals surface area (Å²) in [5.41, 5.74) is 5.93. The molecular weight excluding hydrogens is 172 g/mol. The Morgan fingerprint density at radius 2 is 2.07 bits per heavy atom. The summed E-state index contributed by atoms with van der Waals surface area (Å²) in [6, 6.07) is 0.466. The lowest BCUT2D eigenvalue weighted by Crippen LogP contribution is -2.32. The minimum absolute atomic E-state index is 0.466. The molecule has 1 saturated heterocycles. The molecule has 4 atom stereocenters. The third kappa shape index (κ3) is 1.59. The predicted molar refractivity (Wildman–Crippen MR) is 58.0 cm³/mol. The number of hydrogen-bond donors (Lipinski definition) is 1. The van der Waals surface area contributed by atoms with Crippen molar-refractivity contribution in [2.45, 2.75) is 38.1 Å². The van der Waals surface area contributed by atoms with Gasteiger partial charge in [-0.1, -0.05) is 6.42 Å². The minimum Gasteiger partial charge on any atom is -0.326 e. The monoisotopic (exact) mass is 194 g/mol. The lowest BCUT2D eigenvalue weighted by Gasteiger charge is -2.26. The predicted octanol–water partition coefficient (Wildman–Crippen LogP) is 1.46. The first kappa shape index (κ1) is 9.17. The molecule has 1 heterocycles. The summed E-state index contributed by atoms with van der Waals surface area (Å²) in [5, 5.41) is 0. The topological polar surface area (TPSA) is 29.3 Å². The Balaban J connectivity index is 1.53. The maximum Gasteiger partial charge on any atom is 0.0180 e. The van der Waals surface area contributed by atoms with E-state index in [2.05, 4.69) is 4.90 Å². The molecule has 0 aromatic heterocycles. The standard InChI is InChI=1S/C12H22N2/c13-12-3-4-14(8-12)7-11-6-9-1-2-10(11)5-9/h9-12H,1-8,13H2/t9?,10?,11?,12-/m1/s1. The first-order valence-corrected chi connectivity index (χ1v) is 6.29. The van der Waals surface area contributed by atoms with E-state index in [-0.39, 0.29) is 0 Å². The van der Waals surface area contributed by atoms with Gasteiger partial charge in [0.05, 0.1) is 0 Å². The maximum absolute atomic E-state index is 5.93. The summed E-state index contributed by atoms with van der Waals surface area (Å²) in [5.74, 6) is 3.21. The van der Waals surface area contributed by atoms with Crippen LogP contribution in [0.5, 0.6) is 0 Å². The van der Waals surface area contributed by atoms with Crippen LogP contribution in [-0.4, -0.2) is 30.6 Å². The van der Waals surface area contributed by atoms with Crippen LogP contribution in [0.25, 0.3) is 0 Å². The van der Waals surface area contributed by atoms with Crippen LogP contribution in [-0.2, 0) is 0 Å². The molecule has 80 valence electrons. The van der Waals surface area contributed by atoms with E-state index in [1.165, 1.54) is 38.8 Å². The average Bonchev–Trinajstić information content (AvgIpc) is 2.82. The molecule has 2 heteroatoms. The Bertz CT molecular complexity index is 216. The van der Waals surface area contributed by atoms with Crippen LogP contribution in [0.4, 0.5) is 0 Å². The number of fused-ring (bicyclic) bond motifs is 2. The van der Waals surface area contributed by atoms with Crippen molar-refractivity contribution in [1.29, 1.82) is 0 Å². The smallest absolute Gasteiger partial charge is 0.0180 e. The number of likely N-dealkylation sites (tertiary alicyclic amines) is 1. The van der Waals surface area contributed by atoms with Crippen LogP contribution in [0.2, 0.25) is 0 Å². The highest BCUT2D eigenvalue weighted by Gasteiger charge is 2.40. The summed E-state index contributed by atoms with van der Waals surface area (Å²) < 4.78 is 0. The van der Waals surface area contributed by atoms with Gasteiger partial charge in [0, 0.05) is 19.1 Å². The van der Waals surface area contributed by atoms with E-state index >= 15 is 0 Å². The van der Waals surface area contributed by atoms with E-state index < -0.39 is 0 Å². The highest BCUT2D eigenvalue weighted by atomic mass is 15.2. The van der Waals surface area contributed by atoms with E-state index in [4.69, 9.17) is 5.73 Å². The molecular formula is C12H22N2. The second kappa shape index (κ2) is 3.49. The van der Waals surface area contributed by atoms with Crippen molar-refractivity contribution in [2.24, 2.45) is 23.5 Å². The van der Waals surface area contributed by atoms with Gasteiger partial charge in [0.25, 0.3) is 0 Å². The summed E-state index contributed by atoms with van der Waals surface area (Å²) in [6.07, 6.45) is 7.34. The molecule has 2 nitrogen and oxygen atoms in total. The Kier molecular flexibility index (Phi) is 2.29. The molecule has 0 amide bonds. The number of nitrogens with zero attached hydrogens (tertiary/aromatic N) is 1. The summed E-state index contributed by atoms with van der Waals surface area (Å²) in [7, 11) is 0. The molecule has 2 saturated carbocycles. The highest BCUT2D eigenvalue weighted by molar-refractivity contribution is 4.92. The molecule has 0 spiro atoms. The van der Waals surface area contributed by atoms with Crippen LogP contribution >= 0.6 is 0 Å². The first-order valence-electron chi connectivity index (χ1n) is 6.29. The maximum atomic E-state index is 5.93. The van der Waals surface area contributed by atoms with Gasteiger partial charge < -0.3 is 10.6 Å². The zero-order chi connectivity index (χ0) is 9.54. The fourth-order valence-corrected chi connectivity index (χ4v) is 3.96. The van der Waals surface area contributed by atoms with E-state index in [1.807, 2.05) is 0 Å². The second-order valence-electron chi connectivity index (χ2n) is 5.74. The Hall–Kier alpha value is -0.0800. The molecule has 1 aliphatic heterocycles. The van der Waals surface area contributed by atoms with Crippen LogP contribution in [0, 0.1) is 17.8 Å². The van der Waals surface area contributed by atoms with Gasteiger partial charge in [-0.05, 0) is 50.0 Å². The molecule has 3 unspecified atom stereocenters. The molecule has 3 fully saturated rings. The van der Waals surface area contributed by atoms with Gasteiger partial charge in [0.2, 0.25) is 0 Å². The van der Waals surface area contributed by atoms with Gasteiger partial charge >= 0.3 is 0 Å². The van der Waals surface area contributed by atoms with Gasteiger partial charge in [0.1, 0.15) is 0 Å². The van der Waals surface area contributed by atoms with Crippen molar-refractivity contribution < 1.29 is 0 Å². The average molecular weight is 194 g/mol. The molecule has 3 aliphatic rings. The van der Waals surface area contributed by atoms with Gasteiger partial charge in [-0.3, -0.25) is 0 Å². The largest absolute Gasteiger partial charge is 0.326 e. The number of rotatable bonds is 2. The fourth-order valence-electron chi connectivity index (χ4n) is 3.96. The number of nitrogens with two attached hydrogens (primary N) is 1. The van der Waals surface area contributed by atoms with E-state index in [9.17, 15) is 0 Å². The van der Waals surface area contributed by atoms with Crippen molar-refractivity contribution in [1.82, 2.24) is 4.90 Å². The van der Waals surface area contributed by atoms with Crippen LogP contribution in [0.1, 0.15) is 32.1 Å². The van der Waals surface area contributed by atoms with Crippen molar-refractivity contribution in [3.05, 3.63) is 0 Å². The third-order valence-electron chi connectivity index (χ3n) is 4.69. The summed E-state index contributed by atoms with van der Waals surface area (Å²) in [4.78, 5) is 2.61. The van der Waals surface area contributed by atoms with Gasteiger partial charge in [-0.25, -0.2) is 0 Å². The van der Waals surface area contributed by atoms with Gasteiger partial charge in [0.15, 0.2) is 0 Å². The first-order chi connectivity index (χ1) is 6.81. The van der Waals surface area contributed by atoms with Crippen molar-refractivity contribution in [2.75, 3.05) is 19.6 Å². The van der Waals surface area contributed by atoms with Gasteiger partial charge in [-0.2, -0.15) is 0 Å². The second-order valence-corrected chi connectivity index (χ2v) is 5.74. The van der Waals surface area contributed by atoms with Crippen LogP contribution < -0.4 is 5.73 Å². The quantitative estimate of drug-likeness (QED) is 0.721. The minimum atomic E-state index is 0.466. The van der Waals surface area contributed by atoms with Crippen molar-refractivity contribution in [3.8, 4) is 0 Å². The molecule has 0 radical (unpaired) electrons. The Morgan fingerprint density at radius 3 is 2.64 bits per heavy atom. The molecule has 2 bridgehead atoms.